The summed E-state index contributed by atoms with van der Waals surface area (Å²) in [5.41, 5.74) is 0.762. The van der Waals surface area contributed by atoms with Gasteiger partial charge < -0.3 is 14.2 Å². The summed E-state index contributed by atoms with van der Waals surface area (Å²) in [6.07, 6.45) is -0.673. The Labute approximate surface area is 156 Å². The molecule has 26 heavy (non-hydrogen) atoms. The Balaban J connectivity index is 1.68. The average Bonchev–Trinajstić information content (AvgIpc) is 2.63. The minimum absolute atomic E-state index is 0.323. The lowest BCUT2D eigenvalue weighted by Gasteiger charge is -2.13. The fourth-order valence-corrected chi connectivity index (χ4v) is 2.61. The van der Waals surface area contributed by atoms with Gasteiger partial charge >= 0.3 is 5.97 Å². The summed E-state index contributed by atoms with van der Waals surface area (Å²) in [5.74, 6) is 1.23. The average molecular weight is 372 g/mol. The van der Waals surface area contributed by atoms with Gasteiger partial charge in [-0.05, 0) is 56.3 Å². The molecule has 0 aliphatic carbocycles. The van der Waals surface area contributed by atoms with Crippen LogP contribution in [0, 0.1) is 0 Å². The number of aromatic nitrogens is 1. The van der Waals surface area contributed by atoms with Gasteiger partial charge in [0.1, 0.15) is 11.5 Å². The summed E-state index contributed by atoms with van der Waals surface area (Å²) >= 11 is 6.14. The van der Waals surface area contributed by atoms with Gasteiger partial charge in [-0.15, -0.1) is 0 Å². The Bertz CT molecular complexity index is 911. The van der Waals surface area contributed by atoms with Crippen LogP contribution in [0.1, 0.15) is 13.8 Å². The molecule has 0 bridgehead atoms. The maximum absolute atomic E-state index is 11.6. The molecule has 0 unspecified atom stereocenters. The van der Waals surface area contributed by atoms with E-state index in [-0.39, 0.29) is 0 Å². The second-order valence-corrected chi connectivity index (χ2v) is 5.95. The lowest BCUT2D eigenvalue weighted by molar-refractivity contribution is -0.150. The van der Waals surface area contributed by atoms with Crippen molar-refractivity contribution in [1.82, 2.24) is 4.98 Å². The Kier molecular flexibility index (Phi) is 5.58. The van der Waals surface area contributed by atoms with E-state index in [1.807, 2.05) is 24.3 Å². The van der Waals surface area contributed by atoms with Crippen LogP contribution in [0.4, 0.5) is 0 Å². The molecular weight excluding hydrogens is 354 g/mol. The summed E-state index contributed by atoms with van der Waals surface area (Å²) in [7, 11) is 0. The number of halogens is 1. The Morgan fingerprint density at radius 1 is 1.08 bits per heavy atom. The van der Waals surface area contributed by atoms with Gasteiger partial charge in [-0.3, -0.25) is 0 Å². The molecule has 2 aromatic carbocycles. The van der Waals surface area contributed by atoms with Gasteiger partial charge in [0.05, 0.1) is 12.1 Å². The first kappa shape index (κ1) is 18.0. The van der Waals surface area contributed by atoms with Crippen LogP contribution in [-0.2, 0) is 9.53 Å². The van der Waals surface area contributed by atoms with Crippen molar-refractivity contribution in [2.45, 2.75) is 20.0 Å². The number of rotatable bonds is 6. The molecular formula is C20H18ClNO4. The van der Waals surface area contributed by atoms with E-state index in [9.17, 15) is 4.79 Å². The number of hydrogen-bond acceptors (Lipinski definition) is 5. The van der Waals surface area contributed by atoms with Gasteiger partial charge in [0.15, 0.2) is 6.10 Å². The largest absolute Gasteiger partial charge is 0.479 e. The molecule has 0 fully saturated rings. The van der Waals surface area contributed by atoms with E-state index < -0.39 is 12.1 Å². The lowest BCUT2D eigenvalue weighted by atomic mass is 10.2. The van der Waals surface area contributed by atoms with Gasteiger partial charge in [0.25, 0.3) is 0 Å². The van der Waals surface area contributed by atoms with Crippen LogP contribution in [0.15, 0.2) is 54.6 Å². The zero-order valence-electron chi connectivity index (χ0n) is 14.4. The van der Waals surface area contributed by atoms with E-state index in [1.54, 1.807) is 44.2 Å². The number of esters is 1. The first-order valence-electron chi connectivity index (χ1n) is 8.23. The number of nitrogens with zero attached hydrogens (tertiary/aromatic N) is 1. The SMILES string of the molecule is CCOC(=O)[C@@H](C)Oc1ccc(Oc2ccc3c(Cl)cccc3n2)cc1. The molecule has 1 aromatic heterocycles. The molecule has 0 saturated heterocycles. The third-order valence-electron chi connectivity index (χ3n) is 3.63. The smallest absolute Gasteiger partial charge is 0.347 e. The van der Waals surface area contributed by atoms with Crippen LogP contribution >= 0.6 is 11.6 Å². The molecule has 134 valence electrons. The van der Waals surface area contributed by atoms with Crippen molar-refractivity contribution in [2.24, 2.45) is 0 Å². The van der Waals surface area contributed by atoms with Crippen LogP contribution in [0.5, 0.6) is 17.4 Å². The monoisotopic (exact) mass is 371 g/mol. The number of carbonyl (C=O) groups excluding carboxylic acids is 1. The number of hydrogen-bond donors (Lipinski definition) is 0. The van der Waals surface area contributed by atoms with Gasteiger partial charge in [0, 0.05) is 16.5 Å². The van der Waals surface area contributed by atoms with Crippen molar-refractivity contribution in [2.75, 3.05) is 6.61 Å². The first-order valence-corrected chi connectivity index (χ1v) is 8.61. The van der Waals surface area contributed by atoms with E-state index in [1.165, 1.54) is 0 Å². The van der Waals surface area contributed by atoms with E-state index in [2.05, 4.69) is 4.98 Å². The van der Waals surface area contributed by atoms with Crippen LogP contribution in [0.2, 0.25) is 5.02 Å². The van der Waals surface area contributed by atoms with Crippen LogP contribution in [0.25, 0.3) is 10.9 Å². The van der Waals surface area contributed by atoms with E-state index in [0.717, 1.165) is 10.9 Å². The Morgan fingerprint density at radius 3 is 2.54 bits per heavy atom. The number of benzene rings is 2. The maximum Gasteiger partial charge on any atom is 0.347 e. The fourth-order valence-electron chi connectivity index (χ4n) is 2.37. The van der Waals surface area contributed by atoms with Crippen molar-refractivity contribution in [3.63, 3.8) is 0 Å². The highest BCUT2D eigenvalue weighted by Gasteiger charge is 2.15. The van der Waals surface area contributed by atoms with Crippen LogP contribution in [-0.4, -0.2) is 23.7 Å². The van der Waals surface area contributed by atoms with Gasteiger partial charge in [-0.2, -0.15) is 0 Å². The molecule has 0 N–H and O–H groups in total. The zero-order chi connectivity index (χ0) is 18.5. The summed E-state index contributed by atoms with van der Waals surface area (Å²) in [6.45, 7) is 3.72. The molecule has 5 nitrogen and oxygen atoms in total. The fraction of sp³-hybridized carbons (Fsp3) is 0.200. The van der Waals surface area contributed by atoms with E-state index in [4.69, 9.17) is 25.8 Å². The highest BCUT2D eigenvalue weighted by molar-refractivity contribution is 6.35. The molecule has 0 saturated carbocycles. The predicted octanol–water partition coefficient (Wildman–Crippen LogP) is 5.01. The Morgan fingerprint density at radius 2 is 1.81 bits per heavy atom. The molecule has 3 rings (SSSR count). The molecule has 1 heterocycles. The zero-order valence-corrected chi connectivity index (χ0v) is 15.2. The van der Waals surface area contributed by atoms with Crippen molar-refractivity contribution in [1.29, 1.82) is 0 Å². The number of pyridine rings is 1. The number of ether oxygens (including phenoxy) is 3. The molecule has 6 heteroatoms. The van der Waals surface area contributed by atoms with Crippen molar-refractivity contribution < 1.29 is 19.0 Å². The topological polar surface area (TPSA) is 57.7 Å². The summed E-state index contributed by atoms with van der Waals surface area (Å²) in [5, 5.41) is 1.52. The molecule has 0 spiro atoms. The highest BCUT2D eigenvalue weighted by atomic mass is 35.5. The predicted molar refractivity (Wildman–Crippen MR) is 100.0 cm³/mol. The Hall–Kier alpha value is -2.79. The minimum Gasteiger partial charge on any atom is -0.479 e. The minimum atomic E-state index is -0.673. The molecule has 3 aromatic rings. The summed E-state index contributed by atoms with van der Waals surface area (Å²) < 4.78 is 16.2. The maximum atomic E-state index is 11.6. The summed E-state index contributed by atoms with van der Waals surface area (Å²) in [4.78, 5) is 16.0. The van der Waals surface area contributed by atoms with E-state index >= 15 is 0 Å². The molecule has 0 aliphatic rings. The highest BCUT2D eigenvalue weighted by Crippen LogP contribution is 2.27. The van der Waals surface area contributed by atoms with E-state index in [0.29, 0.717) is 29.0 Å². The van der Waals surface area contributed by atoms with Crippen LogP contribution in [0.3, 0.4) is 0 Å². The second kappa shape index (κ2) is 8.06. The molecule has 0 amide bonds. The summed E-state index contributed by atoms with van der Waals surface area (Å²) in [6, 6.07) is 16.1. The lowest BCUT2D eigenvalue weighted by Crippen LogP contribution is -2.25. The van der Waals surface area contributed by atoms with Crippen molar-refractivity contribution in [3.05, 3.63) is 59.6 Å². The molecule has 0 radical (unpaired) electrons. The van der Waals surface area contributed by atoms with Gasteiger partial charge in [-0.25, -0.2) is 9.78 Å². The second-order valence-electron chi connectivity index (χ2n) is 5.54. The molecule has 1 atom stereocenters. The van der Waals surface area contributed by atoms with Crippen LogP contribution < -0.4 is 9.47 Å². The third-order valence-corrected chi connectivity index (χ3v) is 3.96. The van der Waals surface area contributed by atoms with Crippen molar-refractivity contribution >= 4 is 28.5 Å². The quantitative estimate of drug-likeness (QED) is 0.570. The van der Waals surface area contributed by atoms with Gasteiger partial charge in [-0.1, -0.05) is 17.7 Å². The standard InChI is InChI=1S/C20H18ClNO4/c1-3-24-20(23)13(2)25-14-7-9-15(10-8-14)26-19-12-11-16-17(21)5-4-6-18(16)22-19/h4-13H,3H2,1-2H3/t13-/m1/s1. The molecule has 0 aliphatic heterocycles. The first-order chi connectivity index (χ1) is 12.6. The van der Waals surface area contributed by atoms with Crippen molar-refractivity contribution in [3.8, 4) is 17.4 Å². The number of fused-ring (bicyclic) bond motifs is 1. The number of carbonyl (C=O) groups is 1. The third kappa shape index (κ3) is 4.24. The normalized spacial score (nSPS) is 11.8. The van der Waals surface area contributed by atoms with Gasteiger partial charge in [0.2, 0.25) is 5.88 Å².